The molecule has 0 saturated heterocycles. The van der Waals surface area contributed by atoms with Crippen LogP contribution in [0.4, 0.5) is 0 Å². The van der Waals surface area contributed by atoms with E-state index in [1.807, 2.05) is 29.5 Å². The molecule has 0 aliphatic carbocycles. The molecule has 4 heterocycles. The van der Waals surface area contributed by atoms with Gasteiger partial charge in [-0.15, -0.1) is 11.3 Å². The topological polar surface area (TPSA) is 43.9 Å². The molecule has 7 aromatic carbocycles. The van der Waals surface area contributed by atoms with Crippen molar-refractivity contribution in [3.05, 3.63) is 152 Å². The maximum absolute atomic E-state index is 6.87. The molecule has 0 radical (unpaired) electrons. The predicted molar refractivity (Wildman–Crippen MR) is 205 cm³/mol. The van der Waals surface area contributed by atoms with Crippen molar-refractivity contribution in [3.8, 4) is 28.3 Å². The first-order chi connectivity index (χ1) is 24.3. The fraction of sp³-hybridized carbons (Fsp3) is 0. The van der Waals surface area contributed by atoms with Gasteiger partial charge >= 0.3 is 0 Å². The molecule has 4 nitrogen and oxygen atoms in total. The molecule has 0 atom stereocenters. The van der Waals surface area contributed by atoms with Crippen LogP contribution in [0.1, 0.15) is 0 Å². The van der Waals surface area contributed by atoms with Gasteiger partial charge in [-0.1, -0.05) is 115 Å². The Hall–Kier alpha value is -6.30. The standard InChI is InChI=1S/C44H25N3OS/c1-2-13-26(14-3-1)40-29-17-4-8-21-33(29)45-44(46-40)27-15-12-16-28(25-27)47-34-22-9-5-18-30(34)39-41(47)42-37(31-19-6-10-23-35(31)48-42)38-32-20-7-11-24-36(32)49-43(38)39/h1-25H. The zero-order valence-corrected chi connectivity index (χ0v) is 26.9. The third-order valence-electron chi connectivity index (χ3n) is 9.77. The molecule has 0 amide bonds. The molecular weight excluding hydrogens is 619 g/mol. The molecule has 0 aliphatic heterocycles. The second kappa shape index (κ2) is 10.1. The molecule has 0 spiro atoms. The number of nitrogens with zero attached hydrogens (tertiary/aromatic N) is 3. The molecule has 0 bridgehead atoms. The molecular formula is C44H25N3OS. The highest BCUT2D eigenvalue weighted by Gasteiger charge is 2.25. The number of hydrogen-bond donors (Lipinski definition) is 0. The fourth-order valence-electron chi connectivity index (χ4n) is 7.69. The largest absolute Gasteiger partial charge is 0.454 e. The van der Waals surface area contributed by atoms with Crippen LogP contribution >= 0.6 is 11.3 Å². The van der Waals surface area contributed by atoms with Crippen molar-refractivity contribution in [2.75, 3.05) is 0 Å². The third kappa shape index (κ3) is 3.79. The normalized spacial score (nSPS) is 12.1. The van der Waals surface area contributed by atoms with Gasteiger partial charge in [-0.05, 0) is 36.4 Å². The number of fused-ring (bicyclic) bond motifs is 13. The van der Waals surface area contributed by atoms with E-state index >= 15 is 0 Å². The smallest absolute Gasteiger partial charge is 0.160 e. The lowest BCUT2D eigenvalue weighted by Gasteiger charge is -2.12. The van der Waals surface area contributed by atoms with Gasteiger partial charge in [-0.2, -0.15) is 0 Å². The average Bonchev–Trinajstić information content (AvgIpc) is 3.84. The van der Waals surface area contributed by atoms with Crippen LogP contribution in [0.15, 0.2) is 156 Å². The molecule has 228 valence electrons. The second-order valence-corrected chi connectivity index (χ2v) is 13.6. The van der Waals surface area contributed by atoms with Crippen molar-refractivity contribution in [2.24, 2.45) is 0 Å². The maximum atomic E-state index is 6.87. The highest BCUT2D eigenvalue weighted by Crippen LogP contribution is 2.50. The summed E-state index contributed by atoms with van der Waals surface area (Å²) in [6.45, 7) is 0. The summed E-state index contributed by atoms with van der Waals surface area (Å²) in [6.07, 6.45) is 0. The van der Waals surface area contributed by atoms with Gasteiger partial charge in [0.05, 0.1) is 22.2 Å². The summed E-state index contributed by atoms with van der Waals surface area (Å²) in [7, 11) is 0. The van der Waals surface area contributed by atoms with Crippen molar-refractivity contribution in [2.45, 2.75) is 0 Å². The summed E-state index contributed by atoms with van der Waals surface area (Å²) in [5, 5.41) is 8.30. The lowest BCUT2D eigenvalue weighted by Crippen LogP contribution is -1.98. The average molecular weight is 644 g/mol. The molecule has 11 aromatic rings. The molecule has 0 aliphatic rings. The van der Waals surface area contributed by atoms with Crippen molar-refractivity contribution < 1.29 is 4.42 Å². The summed E-state index contributed by atoms with van der Waals surface area (Å²) in [4.78, 5) is 10.3. The minimum atomic E-state index is 0.695. The molecule has 0 N–H and O–H groups in total. The van der Waals surface area contributed by atoms with Crippen molar-refractivity contribution in [1.29, 1.82) is 0 Å². The van der Waals surface area contributed by atoms with Gasteiger partial charge in [-0.3, -0.25) is 0 Å². The first-order valence-electron chi connectivity index (χ1n) is 16.4. The number of rotatable bonds is 3. The van der Waals surface area contributed by atoms with Gasteiger partial charge in [-0.25, -0.2) is 9.97 Å². The van der Waals surface area contributed by atoms with Crippen LogP contribution < -0.4 is 0 Å². The molecule has 11 rings (SSSR count). The van der Waals surface area contributed by atoms with Crippen LogP contribution in [0.25, 0.3) is 103 Å². The number of aromatic nitrogens is 3. The van der Waals surface area contributed by atoms with Crippen molar-refractivity contribution >= 4 is 86.2 Å². The van der Waals surface area contributed by atoms with E-state index < -0.39 is 0 Å². The predicted octanol–water partition coefficient (Wildman–Crippen LogP) is 12.3. The quantitative estimate of drug-likeness (QED) is 0.192. The molecule has 4 aromatic heterocycles. The fourth-order valence-corrected chi connectivity index (χ4v) is 8.96. The highest BCUT2D eigenvalue weighted by atomic mass is 32.1. The Labute approximate surface area is 284 Å². The van der Waals surface area contributed by atoms with Crippen molar-refractivity contribution in [3.63, 3.8) is 0 Å². The van der Waals surface area contributed by atoms with Crippen LogP contribution in [-0.2, 0) is 0 Å². The molecule has 5 heteroatoms. The van der Waals surface area contributed by atoms with E-state index in [-0.39, 0.29) is 0 Å². The van der Waals surface area contributed by atoms with Crippen LogP contribution in [0.5, 0.6) is 0 Å². The Balaban J connectivity index is 1.26. The van der Waals surface area contributed by atoms with Gasteiger partial charge in [0.1, 0.15) is 5.58 Å². The van der Waals surface area contributed by atoms with E-state index in [1.165, 1.54) is 36.3 Å². The Morgan fingerprint density at radius 2 is 1.24 bits per heavy atom. The van der Waals surface area contributed by atoms with Crippen molar-refractivity contribution in [1.82, 2.24) is 14.5 Å². The molecule has 0 unspecified atom stereocenters. The maximum Gasteiger partial charge on any atom is 0.160 e. The Bertz CT molecular complexity index is 3110. The molecule has 0 fully saturated rings. The van der Waals surface area contributed by atoms with Gasteiger partial charge in [0.2, 0.25) is 0 Å². The minimum absolute atomic E-state index is 0.695. The third-order valence-corrected chi connectivity index (χ3v) is 11.0. The van der Waals surface area contributed by atoms with Gasteiger partial charge in [0.15, 0.2) is 11.4 Å². The number of thiophene rings is 1. The minimum Gasteiger partial charge on any atom is -0.454 e. The van der Waals surface area contributed by atoms with E-state index in [4.69, 9.17) is 14.4 Å². The second-order valence-electron chi connectivity index (χ2n) is 12.5. The van der Waals surface area contributed by atoms with Crippen LogP contribution in [-0.4, -0.2) is 14.5 Å². The lowest BCUT2D eigenvalue weighted by molar-refractivity contribution is 0.671. The lowest BCUT2D eigenvalue weighted by atomic mass is 10.0. The summed E-state index contributed by atoms with van der Waals surface area (Å²) >= 11 is 1.87. The summed E-state index contributed by atoms with van der Waals surface area (Å²) in [6, 6.07) is 53.1. The zero-order valence-electron chi connectivity index (χ0n) is 26.1. The Kier molecular flexibility index (Phi) is 5.51. The van der Waals surface area contributed by atoms with Gasteiger partial charge in [0, 0.05) is 63.9 Å². The first kappa shape index (κ1) is 26.7. The van der Waals surface area contributed by atoms with E-state index in [0.717, 1.165) is 61.0 Å². The monoisotopic (exact) mass is 643 g/mol. The van der Waals surface area contributed by atoms with E-state index in [2.05, 4.69) is 138 Å². The summed E-state index contributed by atoms with van der Waals surface area (Å²) < 4.78 is 11.8. The first-order valence-corrected chi connectivity index (χ1v) is 17.2. The van der Waals surface area contributed by atoms with Crippen LogP contribution in [0.2, 0.25) is 0 Å². The van der Waals surface area contributed by atoms with E-state index in [9.17, 15) is 0 Å². The Morgan fingerprint density at radius 1 is 0.531 bits per heavy atom. The molecule has 49 heavy (non-hydrogen) atoms. The van der Waals surface area contributed by atoms with Gasteiger partial charge < -0.3 is 8.98 Å². The highest BCUT2D eigenvalue weighted by molar-refractivity contribution is 7.27. The van der Waals surface area contributed by atoms with Crippen LogP contribution in [0, 0.1) is 0 Å². The Morgan fingerprint density at radius 3 is 2.14 bits per heavy atom. The van der Waals surface area contributed by atoms with Crippen LogP contribution in [0.3, 0.4) is 0 Å². The summed E-state index contributed by atoms with van der Waals surface area (Å²) in [5.74, 6) is 0.695. The SMILES string of the molecule is c1ccc(-c2nc(-c3cccc(-n4c5ccccc5c5c6sc7ccccc7c6c6c7ccccc7oc6c54)c3)nc3ccccc23)cc1. The van der Waals surface area contributed by atoms with E-state index in [0.29, 0.717) is 5.82 Å². The zero-order chi connectivity index (χ0) is 32.1. The number of para-hydroxylation sites is 3. The van der Waals surface area contributed by atoms with E-state index in [1.54, 1.807) is 0 Å². The number of benzene rings is 7. The number of furan rings is 1. The number of hydrogen-bond acceptors (Lipinski definition) is 4. The van der Waals surface area contributed by atoms with Gasteiger partial charge in [0.25, 0.3) is 0 Å². The summed E-state index contributed by atoms with van der Waals surface area (Å²) in [5.41, 5.74) is 8.91. The molecule has 0 saturated carbocycles.